The highest BCUT2D eigenvalue weighted by atomic mass is 19.1. The van der Waals surface area contributed by atoms with Gasteiger partial charge in [-0.2, -0.15) is 0 Å². The Labute approximate surface area is 125 Å². The van der Waals surface area contributed by atoms with Gasteiger partial charge in [0.2, 0.25) is 5.91 Å². The van der Waals surface area contributed by atoms with Crippen molar-refractivity contribution >= 4 is 17.5 Å². The molecule has 3 N–H and O–H groups in total. The first-order chi connectivity index (χ1) is 10.5. The average Bonchev–Trinajstić information content (AvgIpc) is 3.00. The fraction of sp³-hybridized carbons (Fsp3) is 0.200. The summed E-state index contributed by atoms with van der Waals surface area (Å²) in [6, 6.07) is 6.14. The minimum atomic E-state index is -0.711. The molecule has 116 valence electrons. The highest BCUT2D eigenvalue weighted by Gasteiger charge is 2.18. The number of rotatable bonds is 5. The lowest BCUT2D eigenvalue weighted by Gasteiger charge is -2.14. The van der Waals surface area contributed by atoms with E-state index in [0.717, 1.165) is 6.07 Å². The Morgan fingerprint density at radius 3 is 2.73 bits per heavy atom. The van der Waals surface area contributed by atoms with Crippen LogP contribution in [0.15, 0.2) is 41.0 Å². The molecule has 1 atom stereocenters. The van der Waals surface area contributed by atoms with Crippen LogP contribution in [0.4, 0.5) is 10.1 Å². The van der Waals surface area contributed by atoms with E-state index < -0.39 is 23.7 Å². The van der Waals surface area contributed by atoms with E-state index in [1.54, 1.807) is 12.1 Å². The molecule has 6 nitrogen and oxygen atoms in total. The smallest absolute Gasteiger partial charge is 0.252 e. The normalized spacial score (nSPS) is 11.8. The number of carbonyl (C=O) groups is 2. The van der Waals surface area contributed by atoms with Gasteiger partial charge in [-0.1, -0.05) is 0 Å². The van der Waals surface area contributed by atoms with Crippen LogP contribution >= 0.6 is 0 Å². The van der Waals surface area contributed by atoms with E-state index in [1.165, 1.54) is 25.3 Å². The molecule has 2 amide bonds. The summed E-state index contributed by atoms with van der Waals surface area (Å²) >= 11 is 0. The van der Waals surface area contributed by atoms with E-state index in [1.807, 2.05) is 0 Å². The zero-order chi connectivity index (χ0) is 16.1. The van der Waals surface area contributed by atoms with Crippen LogP contribution in [0.5, 0.6) is 0 Å². The molecule has 2 aromatic rings. The third-order valence-corrected chi connectivity index (χ3v) is 2.91. The number of furan rings is 1. The summed E-state index contributed by atoms with van der Waals surface area (Å²) in [4.78, 5) is 23.2. The minimum Gasteiger partial charge on any atom is -0.467 e. The number of carbonyl (C=O) groups excluding carboxylic acids is 2. The first-order valence-corrected chi connectivity index (χ1v) is 6.53. The second kappa shape index (κ2) is 6.86. The lowest BCUT2D eigenvalue weighted by Crippen LogP contribution is -2.30. The molecule has 0 aliphatic heterocycles. The van der Waals surface area contributed by atoms with Gasteiger partial charge in [-0.05, 0) is 30.3 Å². The number of anilines is 1. The van der Waals surface area contributed by atoms with E-state index in [4.69, 9.17) is 4.42 Å². The van der Waals surface area contributed by atoms with Crippen LogP contribution in [0.1, 0.15) is 29.1 Å². The van der Waals surface area contributed by atoms with Crippen molar-refractivity contribution < 1.29 is 23.5 Å². The third kappa shape index (κ3) is 3.70. The Kier molecular flexibility index (Phi) is 4.90. The number of hydrogen-bond donors (Lipinski definition) is 3. The van der Waals surface area contributed by atoms with E-state index in [2.05, 4.69) is 10.6 Å². The molecule has 0 saturated heterocycles. The van der Waals surface area contributed by atoms with E-state index >= 15 is 0 Å². The Balaban J connectivity index is 2.17. The molecular weight excluding hydrogens is 291 g/mol. The Morgan fingerprint density at radius 1 is 1.36 bits per heavy atom. The maximum absolute atomic E-state index is 13.5. The lowest BCUT2D eigenvalue weighted by atomic mass is 10.1. The quantitative estimate of drug-likeness (QED) is 0.786. The number of hydrogen-bond acceptors (Lipinski definition) is 4. The fourth-order valence-electron chi connectivity index (χ4n) is 1.89. The van der Waals surface area contributed by atoms with Crippen LogP contribution in [-0.4, -0.2) is 23.5 Å². The second-order valence-electron chi connectivity index (χ2n) is 4.60. The van der Waals surface area contributed by atoms with Gasteiger partial charge in [-0.15, -0.1) is 0 Å². The topological polar surface area (TPSA) is 91.6 Å². The number of aliphatic hydroxyl groups excluding tert-OH is 1. The van der Waals surface area contributed by atoms with Crippen molar-refractivity contribution in [1.82, 2.24) is 5.32 Å². The van der Waals surface area contributed by atoms with Gasteiger partial charge in [0.05, 0.1) is 18.6 Å². The molecule has 1 aromatic carbocycles. The summed E-state index contributed by atoms with van der Waals surface area (Å²) in [5.74, 6) is -1.21. The van der Waals surface area contributed by atoms with Crippen molar-refractivity contribution in [3.63, 3.8) is 0 Å². The van der Waals surface area contributed by atoms with Crippen LogP contribution in [-0.2, 0) is 4.79 Å². The van der Waals surface area contributed by atoms with E-state index in [9.17, 15) is 19.1 Å². The number of benzene rings is 1. The summed E-state index contributed by atoms with van der Waals surface area (Å²) in [5.41, 5.74) is 0.0638. The van der Waals surface area contributed by atoms with Gasteiger partial charge in [-0.3, -0.25) is 9.59 Å². The summed E-state index contributed by atoms with van der Waals surface area (Å²) in [5, 5.41) is 14.2. The van der Waals surface area contributed by atoms with Crippen molar-refractivity contribution in [2.24, 2.45) is 0 Å². The zero-order valence-electron chi connectivity index (χ0n) is 11.8. The van der Waals surface area contributed by atoms with E-state index in [-0.39, 0.29) is 17.9 Å². The monoisotopic (exact) mass is 306 g/mol. The van der Waals surface area contributed by atoms with Crippen molar-refractivity contribution in [3.05, 3.63) is 53.7 Å². The van der Waals surface area contributed by atoms with Crippen LogP contribution in [0, 0.1) is 5.82 Å². The molecule has 1 heterocycles. The Morgan fingerprint density at radius 2 is 2.14 bits per heavy atom. The minimum absolute atomic E-state index is 0.0845. The summed E-state index contributed by atoms with van der Waals surface area (Å²) in [7, 11) is 0. The number of amides is 2. The predicted molar refractivity (Wildman–Crippen MR) is 76.7 cm³/mol. The number of aliphatic hydroxyl groups is 1. The highest BCUT2D eigenvalue weighted by Crippen LogP contribution is 2.18. The molecular formula is C15H15FN2O4. The first kappa shape index (κ1) is 15.7. The van der Waals surface area contributed by atoms with Gasteiger partial charge in [0.1, 0.15) is 17.6 Å². The van der Waals surface area contributed by atoms with Crippen LogP contribution in [0.3, 0.4) is 0 Å². The standard InChI is InChI=1S/C15H15FN2O4/c1-9(20)17-12-7-10(4-5-11(12)16)15(21)18-13(8-19)14-3-2-6-22-14/h2-7,13,19H,8H2,1H3,(H,17,20)(H,18,21). The predicted octanol–water partition coefficient (Wildman–Crippen LogP) is 1.84. The fourth-order valence-corrected chi connectivity index (χ4v) is 1.89. The van der Waals surface area contributed by atoms with Gasteiger partial charge < -0.3 is 20.2 Å². The number of nitrogens with one attached hydrogen (secondary N) is 2. The van der Waals surface area contributed by atoms with Crippen molar-refractivity contribution in [2.75, 3.05) is 11.9 Å². The van der Waals surface area contributed by atoms with Gasteiger partial charge in [0.15, 0.2) is 0 Å². The molecule has 0 bridgehead atoms. The van der Waals surface area contributed by atoms with Crippen molar-refractivity contribution in [1.29, 1.82) is 0 Å². The molecule has 0 radical (unpaired) electrons. The average molecular weight is 306 g/mol. The largest absolute Gasteiger partial charge is 0.467 e. The maximum Gasteiger partial charge on any atom is 0.252 e. The molecule has 7 heteroatoms. The van der Waals surface area contributed by atoms with Gasteiger partial charge in [0.25, 0.3) is 5.91 Å². The van der Waals surface area contributed by atoms with Crippen molar-refractivity contribution in [3.8, 4) is 0 Å². The molecule has 0 saturated carbocycles. The van der Waals surface area contributed by atoms with Gasteiger partial charge >= 0.3 is 0 Å². The van der Waals surface area contributed by atoms with Crippen molar-refractivity contribution in [2.45, 2.75) is 13.0 Å². The molecule has 0 aliphatic rings. The SMILES string of the molecule is CC(=O)Nc1cc(C(=O)NC(CO)c2ccco2)ccc1F. The van der Waals surface area contributed by atoms with Crippen LogP contribution < -0.4 is 10.6 Å². The first-order valence-electron chi connectivity index (χ1n) is 6.53. The van der Waals surface area contributed by atoms with Gasteiger partial charge in [0, 0.05) is 12.5 Å². The van der Waals surface area contributed by atoms with Crippen LogP contribution in [0.2, 0.25) is 0 Å². The maximum atomic E-state index is 13.5. The summed E-state index contributed by atoms with van der Waals surface area (Å²) in [6.45, 7) is 0.893. The molecule has 0 fully saturated rings. The number of halogens is 1. The molecule has 1 aromatic heterocycles. The molecule has 0 spiro atoms. The Bertz CT molecular complexity index is 670. The molecule has 2 rings (SSSR count). The third-order valence-electron chi connectivity index (χ3n) is 2.91. The molecule has 0 aliphatic carbocycles. The summed E-state index contributed by atoms with van der Waals surface area (Å²) in [6.07, 6.45) is 1.43. The molecule has 1 unspecified atom stereocenters. The summed E-state index contributed by atoms with van der Waals surface area (Å²) < 4.78 is 18.7. The van der Waals surface area contributed by atoms with Crippen LogP contribution in [0.25, 0.3) is 0 Å². The highest BCUT2D eigenvalue weighted by molar-refractivity contribution is 5.97. The van der Waals surface area contributed by atoms with Gasteiger partial charge in [-0.25, -0.2) is 4.39 Å². The zero-order valence-corrected chi connectivity index (χ0v) is 11.8. The lowest BCUT2D eigenvalue weighted by molar-refractivity contribution is -0.114. The molecule has 22 heavy (non-hydrogen) atoms. The van der Waals surface area contributed by atoms with E-state index in [0.29, 0.717) is 5.76 Å². The second-order valence-corrected chi connectivity index (χ2v) is 4.60. The Hall–Kier alpha value is -2.67.